The molecule has 0 aromatic carbocycles. The van der Waals surface area contributed by atoms with Crippen molar-refractivity contribution in [3.05, 3.63) is 0 Å². The van der Waals surface area contributed by atoms with E-state index in [4.69, 9.17) is 10.5 Å². The minimum Gasteiger partial charge on any atom is -0.377 e. The second kappa shape index (κ2) is 11.4. The molecule has 9 heteroatoms. The Labute approximate surface area is 151 Å². The van der Waals surface area contributed by atoms with Gasteiger partial charge in [-0.2, -0.15) is 0 Å². The Morgan fingerprint density at radius 3 is 2.59 bits per heavy atom. The summed E-state index contributed by atoms with van der Waals surface area (Å²) in [5, 5.41) is 0. The van der Waals surface area contributed by atoms with Gasteiger partial charge in [0.1, 0.15) is 0 Å². The number of guanidine groups is 1. The first-order valence-electron chi connectivity index (χ1n) is 7.62. The molecule has 1 fully saturated rings. The van der Waals surface area contributed by atoms with Crippen molar-refractivity contribution in [3.63, 3.8) is 0 Å². The highest BCUT2D eigenvalue weighted by atomic mass is 127. The Bertz CT molecular complexity index is 421. The number of nitrogens with zero attached hydrogens (tertiary/aromatic N) is 2. The molecule has 7 nitrogen and oxygen atoms in total. The average molecular weight is 448 g/mol. The van der Waals surface area contributed by atoms with Gasteiger partial charge in [0.25, 0.3) is 0 Å². The van der Waals surface area contributed by atoms with Gasteiger partial charge in [-0.3, -0.25) is 4.99 Å². The molecule has 1 saturated heterocycles. The van der Waals surface area contributed by atoms with Crippen LogP contribution in [0.15, 0.2) is 4.99 Å². The van der Waals surface area contributed by atoms with Gasteiger partial charge in [0.15, 0.2) is 5.96 Å². The standard InChI is InChI=1S/C13H28N4O3S.HI/c1-3-17(4-2)13(14)15-8-10-21(18,19)16-11-12-7-5-6-9-20-12;/h12,16H,3-11H2,1-2H3,(H2,14,15);1H. The fraction of sp³-hybridized carbons (Fsp3) is 0.923. The number of sulfonamides is 1. The summed E-state index contributed by atoms with van der Waals surface area (Å²) < 4.78 is 31.8. The van der Waals surface area contributed by atoms with Crippen LogP contribution in [-0.4, -0.2) is 63.9 Å². The summed E-state index contributed by atoms with van der Waals surface area (Å²) in [7, 11) is -3.33. The molecular formula is C13H29IN4O3S. The lowest BCUT2D eigenvalue weighted by Gasteiger charge is -2.22. The van der Waals surface area contributed by atoms with E-state index in [-0.39, 0.29) is 42.4 Å². The van der Waals surface area contributed by atoms with Crippen molar-refractivity contribution in [1.82, 2.24) is 9.62 Å². The maximum Gasteiger partial charge on any atom is 0.213 e. The maximum atomic E-state index is 11.9. The average Bonchev–Trinajstić information content (AvgIpc) is 2.47. The van der Waals surface area contributed by atoms with Gasteiger partial charge in [0.05, 0.1) is 18.4 Å². The van der Waals surface area contributed by atoms with E-state index in [0.29, 0.717) is 12.5 Å². The van der Waals surface area contributed by atoms with E-state index in [2.05, 4.69) is 9.71 Å². The van der Waals surface area contributed by atoms with Crippen LogP contribution >= 0.6 is 24.0 Å². The highest BCUT2D eigenvalue weighted by Gasteiger charge is 2.17. The Hall–Kier alpha value is -0.130. The quantitative estimate of drug-likeness (QED) is 0.325. The summed E-state index contributed by atoms with van der Waals surface area (Å²) in [6.07, 6.45) is 3.06. The van der Waals surface area contributed by atoms with Gasteiger partial charge in [-0.25, -0.2) is 13.1 Å². The third-order valence-electron chi connectivity index (χ3n) is 3.53. The molecule has 132 valence electrons. The van der Waals surface area contributed by atoms with Gasteiger partial charge in [-0.05, 0) is 33.1 Å². The molecule has 0 aromatic rings. The second-order valence-electron chi connectivity index (χ2n) is 5.07. The van der Waals surface area contributed by atoms with E-state index in [9.17, 15) is 8.42 Å². The van der Waals surface area contributed by atoms with Crippen molar-refractivity contribution in [3.8, 4) is 0 Å². The van der Waals surface area contributed by atoms with Crippen molar-refractivity contribution in [2.24, 2.45) is 10.7 Å². The van der Waals surface area contributed by atoms with E-state index >= 15 is 0 Å². The Morgan fingerprint density at radius 2 is 2.05 bits per heavy atom. The summed E-state index contributed by atoms with van der Waals surface area (Å²) in [6, 6.07) is 0. The van der Waals surface area contributed by atoms with Crippen molar-refractivity contribution in [2.75, 3.05) is 38.5 Å². The molecule has 1 rings (SSSR count). The predicted octanol–water partition coefficient (Wildman–Crippen LogP) is 0.749. The lowest BCUT2D eigenvalue weighted by Crippen LogP contribution is -2.39. The molecule has 0 aliphatic carbocycles. The van der Waals surface area contributed by atoms with E-state index in [1.54, 1.807) is 0 Å². The molecule has 1 heterocycles. The fourth-order valence-electron chi connectivity index (χ4n) is 2.19. The first kappa shape index (κ1) is 21.9. The third-order valence-corrected chi connectivity index (χ3v) is 4.85. The van der Waals surface area contributed by atoms with Crippen molar-refractivity contribution in [1.29, 1.82) is 0 Å². The predicted molar refractivity (Wildman–Crippen MR) is 100 cm³/mol. The molecule has 0 bridgehead atoms. The molecule has 22 heavy (non-hydrogen) atoms. The zero-order valence-electron chi connectivity index (χ0n) is 13.5. The van der Waals surface area contributed by atoms with Crippen molar-refractivity contribution in [2.45, 2.75) is 39.2 Å². The van der Waals surface area contributed by atoms with Gasteiger partial charge in [0.2, 0.25) is 10.0 Å². The largest absolute Gasteiger partial charge is 0.377 e. The minimum absolute atomic E-state index is 0. The number of hydrogen-bond acceptors (Lipinski definition) is 4. The topological polar surface area (TPSA) is 97.0 Å². The van der Waals surface area contributed by atoms with Crippen LogP contribution in [0.2, 0.25) is 0 Å². The van der Waals surface area contributed by atoms with Crippen LogP contribution in [0, 0.1) is 0 Å². The first-order valence-corrected chi connectivity index (χ1v) is 9.27. The number of hydrogen-bond donors (Lipinski definition) is 2. The van der Waals surface area contributed by atoms with E-state index in [1.165, 1.54) is 0 Å². The summed E-state index contributed by atoms with van der Waals surface area (Å²) in [6.45, 7) is 6.71. The number of aliphatic imine (C=N–C) groups is 1. The molecule has 0 radical (unpaired) electrons. The summed E-state index contributed by atoms with van der Waals surface area (Å²) in [4.78, 5) is 6.00. The van der Waals surface area contributed by atoms with Gasteiger partial charge >= 0.3 is 0 Å². The fourth-order valence-corrected chi connectivity index (χ4v) is 3.10. The third kappa shape index (κ3) is 8.49. The lowest BCUT2D eigenvalue weighted by molar-refractivity contribution is 0.0200. The monoisotopic (exact) mass is 448 g/mol. The highest BCUT2D eigenvalue weighted by molar-refractivity contribution is 14.0. The first-order chi connectivity index (χ1) is 9.98. The molecular weight excluding hydrogens is 419 g/mol. The summed E-state index contributed by atoms with van der Waals surface area (Å²) in [5.74, 6) is 0.340. The lowest BCUT2D eigenvalue weighted by atomic mass is 10.1. The molecule has 1 aliphatic rings. The Kier molecular flexibility index (Phi) is 11.3. The zero-order valence-corrected chi connectivity index (χ0v) is 16.6. The maximum absolute atomic E-state index is 11.9. The van der Waals surface area contributed by atoms with Crippen LogP contribution in [0.25, 0.3) is 0 Å². The molecule has 0 saturated carbocycles. The van der Waals surface area contributed by atoms with Crippen LogP contribution < -0.4 is 10.5 Å². The number of halogens is 1. The number of nitrogens with one attached hydrogen (secondary N) is 1. The summed E-state index contributed by atoms with van der Waals surface area (Å²) >= 11 is 0. The molecule has 3 N–H and O–H groups in total. The minimum atomic E-state index is -3.33. The molecule has 0 amide bonds. The van der Waals surface area contributed by atoms with Crippen LogP contribution in [0.4, 0.5) is 0 Å². The van der Waals surface area contributed by atoms with Gasteiger partial charge in [-0.1, -0.05) is 0 Å². The normalized spacial score (nSPS) is 19.5. The Balaban J connectivity index is 0.00000441. The molecule has 1 atom stereocenters. The van der Waals surface area contributed by atoms with Crippen LogP contribution in [0.3, 0.4) is 0 Å². The number of nitrogens with two attached hydrogens (primary N) is 1. The zero-order chi connectivity index (χ0) is 15.7. The van der Waals surface area contributed by atoms with Gasteiger partial charge in [-0.15, -0.1) is 24.0 Å². The van der Waals surface area contributed by atoms with Crippen LogP contribution in [-0.2, 0) is 14.8 Å². The van der Waals surface area contributed by atoms with E-state index < -0.39 is 10.0 Å². The van der Waals surface area contributed by atoms with Crippen LogP contribution in [0.1, 0.15) is 33.1 Å². The van der Waals surface area contributed by atoms with E-state index in [1.807, 2.05) is 18.7 Å². The molecule has 0 spiro atoms. The Morgan fingerprint density at radius 1 is 1.36 bits per heavy atom. The van der Waals surface area contributed by atoms with Gasteiger partial charge in [0, 0.05) is 26.2 Å². The summed E-state index contributed by atoms with van der Waals surface area (Å²) in [5.41, 5.74) is 5.80. The smallest absolute Gasteiger partial charge is 0.213 e. The van der Waals surface area contributed by atoms with E-state index in [0.717, 1.165) is 39.0 Å². The highest BCUT2D eigenvalue weighted by Crippen LogP contribution is 2.11. The van der Waals surface area contributed by atoms with Crippen molar-refractivity contribution < 1.29 is 13.2 Å². The second-order valence-corrected chi connectivity index (χ2v) is 6.99. The molecule has 0 aromatic heterocycles. The van der Waals surface area contributed by atoms with Gasteiger partial charge < -0.3 is 15.4 Å². The SMILES string of the molecule is CCN(CC)C(N)=NCCS(=O)(=O)NCC1CCCCO1.I. The van der Waals surface area contributed by atoms with Crippen molar-refractivity contribution >= 4 is 40.0 Å². The molecule has 1 unspecified atom stereocenters. The molecule has 1 aliphatic heterocycles. The number of ether oxygens (including phenoxy) is 1. The number of rotatable bonds is 8. The van der Waals surface area contributed by atoms with Crippen LogP contribution in [0.5, 0.6) is 0 Å².